The molecule has 1 heterocycles. The zero-order chi connectivity index (χ0) is 10.7. The molecular weight excluding hydrogens is 193 g/mol. The fraction of sp³-hybridized carbons (Fsp3) is 0.182. The molecule has 3 N–H and O–H groups in total. The smallest absolute Gasteiger partial charge is 0.123 e. The number of nitrogens with zero attached hydrogens (tertiary/aromatic N) is 1. The fourth-order valence-electron chi connectivity index (χ4n) is 1.43. The standard InChI is InChI=1S/C11H12FN3/c12-9-3-1-2-8(6-9)10-7-14-11(15-10)4-5-13/h1-3,6-7H,4-5,13H2,(H,14,15). The van der Waals surface area contributed by atoms with Gasteiger partial charge in [0, 0.05) is 12.0 Å². The normalized spacial score (nSPS) is 10.5. The van der Waals surface area contributed by atoms with Crippen LogP contribution in [0.2, 0.25) is 0 Å². The number of H-pyrrole nitrogens is 1. The Balaban J connectivity index is 2.29. The van der Waals surface area contributed by atoms with Crippen molar-refractivity contribution in [1.29, 1.82) is 0 Å². The highest BCUT2D eigenvalue weighted by Gasteiger charge is 2.03. The number of nitrogens with two attached hydrogens (primary N) is 1. The lowest BCUT2D eigenvalue weighted by Gasteiger charge is -1.97. The van der Waals surface area contributed by atoms with Crippen LogP contribution in [0.5, 0.6) is 0 Å². The zero-order valence-corrected chi connectivity index (χ0v) is 8.20. The maximum Gasteiger partial charge on any atom is 0.123 e. The topological polar surface area (TPSA) is 54.7 Å². The third-order valence-corrected chi connectivity index (χ3v) is 2.15. The summed E-state index contributed by atoms with van der Waals surface area (Å²) in [5, 5.41) is 0. The van der Waals surface area contributed by atoms with Crippen LogP contribution in [0.15, 0.2) is 30.5 Å². The van der Waals surface area contributed by atoms with E-state index in [4.69, 9.17) is 5.73 Å². The Morgan fingerprint density at radius 1 is 1.40 bits per heavy atom. The highest BCUT2D eigenvalue weighted by atomic mass is 19.1. The Kier molecular flexibility index (Phi) is 2.78. The maximum absolute atomic E-state index is 13.0. The number of halogens is 1. The third-order valence-electron chi connectivity index (χ3n) is 2.15. The van der Waals surface area contributed by atoms with Gasteiger partial charge in [0.05, 0.1) is 11.9 Å². The van der Waals surface area contributed by atoms with E-state index in [9.17, 15) is 4.39 Å². The minimum absolute atomic E-state index is 0.248. The minimum Gasteiger partial charge on any atom is -0.342 e. The number of aromatic amines is 1. The summed E-state index contributed by atoms with van der Waals surface area (Å²) in [5.41, 5.74) is 7.03. The molecule has 0 aliphatic heterocycles. The molecule has 0 amide bonds. The summed E-state index contributed by atoms with van der Waals surface area (Å²) >= 11 is 0. The first-order valence-electron chi connectivity index (χ1n) is 4.79. The van der Waals surface area contributed by atoms with Crippen LogP contribution in [0.25, 0.3) is 11.3 Å². The van der Waals surface area contributed by atoms with E-state index >= 15 is 0 Å². The van der Waals surface area contributed by atoms with Gasteiger partial charge >= 0.3 is 0 Å². The van der Waals surface area contributed by atoms with Gasteiger partial charge in [0.25, 0.3) is 0 Å². The number of hydrogen-bond acceptors (Lipinski definition) is 2. The van der Waals surface area contributed by atoms with Crippen LogP contribution in [0.3, 0.4) is 0 Å². The number of hydrogen-bond donors (Lipinski definition) is 2. The molecule has 0 atom stereocenters. The van der Waals surface area contributed by atoms with E-state index in [0.29, 0.717) is 13.0 Å². The third kappa shape index (κ3) is 2.22. The first-order valence-corrected chi connectivity index (χ1v) is 4.79. The number of benzene rings is 1. The van der Waals surface area contributed by atoms with Gasteiger partial charge < -0.3 is 10.7 Å². The SMILES string of the molecule is NCCc1ncc(-c2cccc(F)c2)[nH]1. The van der Waals surface area contributed by atoms with Crippen molar-refractivity contribution in [3.63, 3.8) is 0 Å². The van der Waals surface area contributed by atoms with Gasteiger partial charge in [-0.1, -0.05) is 12.1 Å². The van der Waals surface area contributed by atoms with Gasteiger partial charge in [-0.25, -0.2) is 9.37 Å². The number of imidazole rings is 1. The predicted octanol–water partition coefficient (Wildman–Crippen LogP) is 1.72. The van der Waals surface area contributed by atoms with Crippen molar-refractivity contribution in [1.82, 2.24) is 9.97 Å². The summed E-state index contributed by atoms with van der Waals surface area (Å²) in [4.78, 5) is 7.25. The zero-order valence-electron chi connectivity index (χ0n) is 8.20. The highest BCUT2D eigenvalue weighted by molar-refractivity contribution is 5.58. The number of rotatable bonds is 3. The molecule has 3 nitrogen and oxygen atoms in total. The van der Waals surface area contributed by atoms with Gasteiger partial charge in [-0.2, -0.15) is 0 Å². The molecule has 0 unspecified atom stereocenters. The molecule has 0 aliphatic rings. The molecule has 2 rings (SSSR count). The van der Waals surface area contributed by atoms with Crippen molar-refractivity contribution in [3.05, 3.63) is 42.1 Å². The second kappa shape index (κ2) is 4.23. The molecule has 0 saturated carbocycles. The molecule has 2 aromatic rings. The molecule has 15 heavy (non-hydrogen) atoms. The molecule has 0 aliphatic carbocycles. The van der Waals surface area contributed by atoms with E-state index in [1.165, 1.54) is 12.1 Å². The van der Waals surface area contributed by atoms with Crippen molar-refractivity contribution in [2.75, 3.05) is 6.54 Å². The van der Waals surface area contributed by atoms with Crippen molar-refractivity contribution in [2.45, 2.75) is 6.42 Å². The second-order valence-electron chi connectivity index (χ2n) is 3.29. The molecule has 0 fully saturated rings. The van der Waals surface area contributed by atoms with Gasteiger partial charge in [0.1, 0.15) is 11.6 Å². The van der Waals surface area contributed by atoms with Crippen LogP contribution in [-0.2, 0) is 6.42 Å². The van der Waals surface area contributed by atoms with Crippen molar-refractivity contribution in [3.8, 4) is 11.3 Å². The molecule has 0 bridgehead atoms. The van der Waals surface area contributed by atoms with Crippen LogP contribution in [-0.4, -0.2) is 16.5 Å². The van der Waals surface area contributed by atoms with E-state index in [1.54, 1.807) is 12.3 Å². The van der Waals surface area contributed by atoms with E-state index in [0.717, 1.165) is 17.1 Å². The number of aromatic nitrogens is 2. The average molecular weight is 205 g/mol. The Bertz CT molecular complexity index is 451. The summed E-state index contributed by atoms with van der Waals surface area (Å²) in [6, 6.07) is 6.40. The molecule has 1 aromatic carbocycles. The summed E-state index contributed by atoms with van der Waals surface area (Å²) < 4.78 is 13.0. The minimum atomic E-state index is -0.248. The van der Waals surface area contributed by atoms with Gasteiger partial charge in [-0.3, -0.25) is 0 Å². The molecule has 4 heteroatoms. The summed E-state index contributed by atoms with van der Waals surface area (Å²) in [6.07, 6.45) is 2.40. The van der Waals surface area contributed by atoms with E-state index in [1.807, 2.05) is 6.07 Å². The molecule has 0 radical (unpaired) electrons. The fourth-order valence-corrected chi connectivity index (χ4v) is 1.43. The summed E-state index contributed by atoms with van der Waals surface area (Å²) in [7, 11) is 0. The van der Waals surface area contributed by atoms with Gasteiger partial charge in [0.2, 0.25) is 0 Å². The van der Waals surface area contributed by atoms with E-state index in [-0.39, 0.29) is 5.82 Å². The monoisotopic (exact) mass is 205 g/mol. The number of nitrogens with one attached hydrogen (secondary N) is 1. The predicted molar refractivity (Wildman–Crippen MR) is 56.7 cm³/mol. The summed E-state index contributed by atoms with van der Waals surface area (Å²) in [5.74, 6) is 0.583. The lowest BCUT2D eigenvalue weighted by molar-refractivity contribution is 0.628. The van der Waals surface area contributed by atoms with Gasteiger partial charge in [-0.15, -0.1) is 0 Å². The molecule has 0 saturated heterocycles. The lowest BCUT2D eigenvalue weighted by atomic mass is 10.2. The second-order valence-corrected chi connectivity index (χ2v) is 3.29. The van der Waals surface area contributed by atoms with Crippen LogP contribution in [0.4, 0.5) is 4.39 Å². The quantitative estimate of drug-likeness (QED) is 0.801. The molecular formula is C11H12FN3. The maximum atomic E-state index is 13.0. The molecule has 0 spiro atoms. The first kappa shape index (κ1) is 9.86. The van der Waals surface area contributed by atoms with Crippen LogP contribution >= 0.6 is 0 Å². The Morgan fingerprint density at radius 2 is 2.27 bits per heavy atom. The van der Waals surface area contributed by atoms with E-state index in [2.05, 4.69) is 9.97 Å². The summed E-state index contributed by atoms with van der Waals surface area (Å²) in [6.45, 7) is 0.552. The van der Waals surface area contributed by atoms with Gasteiger partial charge in [-0.05, 0) is 18.7 Å². The largest absolute Gasteiger partial charge is 0.342 e. The van der Waals surface area contributed by atoms with Crippen molar-refractivity contribution >= 4 is 0 Å². The van der Waals surface area contributed by atoms with Crippen LogP contribution in [0, 0.1) is 5.82 Å². The molecule has 1 aromatic heterocycles. The first-order chi connectivity index (χ1) is 7.29. The molecule has 78 valence electrons. The Hall–Kier alpha value is -1.68. The van der Waals surface area contributed by atoms with Crippen molar-refractivity contribution < 1.29 is 4.39 Å². The van der Waals surface area contributed by atoms with E-state index < -0.39 is 0 Å². The Labute approximate surface area is 87.2 Å². The highest BCUT2D eigenvalue weighted by Crippen LogP contribution is 2.17. The van der Waals surface area contributed by atoms with Crippen LogP contribution in [0.1, 0.15) is 5.82 Å². The lowest BCUT2D eigenvalue weighted by Crippen LogP contribution is -2.03. The van der Waals surface area contributed by atoms with Crippen LogP contribution < -0.4 is 5.73 Å². The van der Waals surface area contributed by atoms with Crippen molar-refractivity contribution in [2.24, 2.45) is 5.73 Å². The average Bonchev–Trinajstić information content (AvgIpc) is 2.67. The van der Waals surface area contributed by atoms with Gasteiger partial charge in [0.15, 0.2) is 0 Å². The Morgan fingerprint density at radius 3 is 3.00 bits per heavy atom.